The van der Waals surface area contributed by atoms with Crippen LogP contribution in [0.25, 0.3) is 10.4 Å². The molecule has 0 fully saturated rings. The summed E-state index contributed by atoms with van der Waals surface area (Å²) in [6.45, 7) is 0. The van der Waals surface area contributed by atoms with Gasteiger partial charge in [0.2, 0.25) is 0 Å². The molecular formula is C13H9ClN2S. The summed E-state index contributed by atoms with van der Waals surface area (Å²) >= 11 is 7.74. The Hall–Kier alpha value is -1.37. The van der Waals surface area contributed by atoms with Gasteiger partial charge in [0.15, 0.2) is 0 Å². The fourth-order valence-corrected chi connectivity index (χ4v) is 3.39. The molecule has 0 saturated heterocycles. The van der Waals surface area contributed by atoms with Crippen LogP contribution in [-0.2, 0) is 12.8 Å². The van der Waals surface area contributed by atoms with Crippen LogP contribution in [0.2, 0.25) is 5.15 Å². The van der Waals surface area contributed by atoms with Crippen molar-refractivity contribution in [3.8, 4) is 16.5 Å². The van der Waals surface area contributed by atoms with Crippen molar-refractivity contribution in [2.45, 2.75) is 19.3 Å². The normalized spacial score (nSPS) is 13.4. The highest BCUT2D eigenvalue weighted by Crippen LogP contribution is 2.38. The van der Waals surface area contributed by atoms with Gasteiger partial charge < -0.3 is 0 Å². The van der Waals surface area contributed by atoms with Gasteiger partial charge in [0, 0.05) is 16.1 Å². The Morgan fingerprint density at radius 3 is 3.00 bits per heavy atom. The Kier molecular flexibility index (Phi) is 2.62. The van der Waals surface area contributed by atoms with Gasteiger partial charge in [0.25, 0.3) is 0 Å². The van der Waals surface area contributed by atoms with E-state index >= 15 is 0 Å². The maximum atomic E-state index is 9.26. The molecule has 17 heavy (non-hydrogen) atoms. The molecule has 4 heteroatoms. The van der Waals surface area contributed by atoms with E-state index in [0.717, 1.165) is 35.4 Å². The minimum Gasteiger partial charge on any atom is -0.239 e. The zero-order chi connectivity index (χ0) is 11.8. The number of thiophene rings is 1. The molecule has 2 aromatic rings. The van der Waals surface area contributed by atoms with Gasteiger partial charge in [0.05, 0.1) is 5.56 Å². The molecule has 0 spiro atoms. The fraction of sp³-hybridized carbons (Fsp3) is 0.231. The number of hydrogen-bond donors (Lipinski definition) is 0. The average Bonchev–Trinajstić information content (AvgIpc) is 2.97. The first-order valence-electron chi connectivity index (χ1n) is 5.46. The first kappa shape index (κ1) is 10.8. The maximum Gasteiger partial charge on any atom is 0.147 e. The highest BCUT2D eigenvalue weighted by molar-refractivity contribution is 7.13. The van der Waals surface area contributed by atoms with E-state index in [9.17, 15) is 5.26 Å². The summed E-state index contributed by atoms with van der Waals surface area (Å²) in [4.78, 5) is 5.46. The molecule has 0 unspecified atom stereocenters. The summed E-state index contributed by atoms with van der Waals surface area (Å²) in [5.74, 6) is 0. The van der Waals surface area contributed by atoms with Crippen LogP contribution in [0.4, 0.5) is 0 Å². The zero-order valence-corrected chi connectivity index (χ0v) is 10.6. The van der Waals surface area contributed by atoms with Gasteiger partial charge in [-0.25, -0.2) is 4.98 Å². The standard InChI is InChI=1S/C13H9ClN2S/c14-13-9(7-15)12(11-5-2-6-17-11)8-3-1-4-10(8)16-13/h2,5-6H,1,3-4H2. The van der Waals surface area contributed by atoms with Gasteiger partial charge >= 0.3 is 0 Å². The Labute approximate surface area is 108 Å². The van der Waals surface area contributed by atoms with E-state index in [1.54, 1.807) is 11.3 Å². The second-order valence-electron chi connectivity index (χ2n) is 4.02. The molecule has 0 N–H and O–H groups in total. The molecule has 0 amide bonds. The minimum atomic E-state index is 0.344. The van der Waals surface area contributed by atoms with Gasteiger partial charge in [-0.2, -0.15) is 5.26 Å². The molecule has 0 aliphatic heterocycles. The van der Waals surface area contributed by atoms with Crippen LogP contribution in [0, 0.1) is 11.3 Å². The molecule has 0 aromatic carbocycles. The van der Waals surface area contributed by atoms with E-state index in [1.165, 1.54) is 5.56 Å². The van der Waals surface area contributed by atoms with Crippen LogP contribution in [0.5, 0.6) is 0 Å². The van der Waals surface area contributed by atoms with Crippen LogP contribution in [0.15, 0.2) is 17.5 Å². The number of hydrogen-bond acceptors (Lipinski definition) is 3. The smallest absolute Gasteiger partial charge is 0.147 e. The third-order valence-electron chi connectivity index (χ3n) is 3.06. The minimum absolute atomic E-state index is 0.344. The lowest BCUT2D eigenvalue weighted by molar-refractivity contribution is 0.900. The fourth-order valence-electron chi connectivity index (χ4n) is 2.34. The van der Waals surface area contributed by atoms with Crippen molar-refractivity contribution in [2.24, 2.45) is 0 Å². The SMILES string of the molecule is N#Cc1c(Cl)nc2c(c1-c1cccs1)CCC2. The average molecular weight is 261 g/mol. The lowest BCUT2D eigenvalue weighted by Gasteiger charge is -2.09. The number of aryl methyl sites for hydroxylation is 1. The molecule has 3 rings (SSSR count). The van der Waals surface area contributed by atoms with Crippen LogP contribution < -0.4 is 0 Å². The van der Waals surface area contributed by atoms with Crippen molar-refractivity contribution < 1.29 is 0 Å². The number of nitriles is 1. The summed E-state index contributed by atoms with van der Waals surface area (Å²) in [5, 5.41) is 11.6. The lowest BCUT2D eigenvalue weighted by atomic mass is 10.0. The van der Waals surface area contributed by atoms with Crippen molar-refractivity contribution >= 4 is 22.9 Å². The van der Waals surface area contributed by atoms with E-state index in [1.807, 2.05) is 17.5 Å². The van der Waals surface area contributed by atoms with Gasteiger partial charge in [0.1, 0.15) is 11.2 Å². The summed E-state index contributed by atoms with van der Waals surface area (Å²) in [6.07, 6.45) is 3.08. The summed E-state index contributed by atoms with van der Waals surface area (Å²) in [6, 6.07) is 6.23. The molecule has 0 atom stereocenters. The third kappa shape index (κ3) is 1.65. The highest BCUT2D eigenvalue weighted by Gasteiger charge is 2.23. The number of rotatable bonds is 1. The van der Waals surface area contributed by atoms with Crippen molar-refractivity contribution in [1.29, 1.82) is 5.26 Å². The van der Waals surface area contributed by atoms with Gasteiger partial charge in [-0.1, -0.05) is 17.7 Å². The molecule has 2 heterocycles. The molecular weight excluding hydrogens is 252 g/mol. The number of halogens is 1. The van der Waals surface area contributed by atoms with E-state index in [-0.39, 0.29) is 0 Å². The van der Waals surface area contributed by atoms with Crippen molar-refractivity contribution in [2.75, 3.05) is 0 Å². The molecule has 1 aliphatic rings. The number of fused-ring (bicyclic) bond motifs is 1. The van der Waals surface area contributed by atoms with Gasteiger partial charge in [-0.3, -0.25) is 0 Å². The summed E-state index contributed by atoms with van der Waals surface area (Å²) in [5.41, 5.74) is 3.82. The van der Waals surface area contributed by atoms with E-state index in [0.29, 0.717) is 10.7 Å². The molecule has 2 nitrogen and oxygen atoms in total. The number of aromatic nitrogens is 1. The Morgan fingerprint density at radius 2 is 2.29 bits per heavy atom. The maximum absolute atomic E-state index is 9.26. The molecule has 0 saturated carbocycles. The Balaban J connectivity index is 2.35. The van der Waals surface area contributed by atoms with E-state index in [4.69, 9.17) is 11.6 Å². The predicted molar refractivity (Wildman–Crippen MR) is 69.3 cm³/mol. The van der Waals surface area contributed by atoms with Crippen LogP contribution in [0.3, 0.4) is 0 Å². The highest BCUT2D eigenvalue weighted by atomic mass is 35.5. The van der Waals surface area contributed by atoms with Crippen molar-refractivity contribution in [3.05, 3.63) is 39.5 Å². The first-order chi connectivity index (χ1) is 8.31. The lowest BCUT2D eigenvalue weighted by Crippen LogP contribution is -1.97. The topological polar surface area (TPSA) is 36.7 Å². The van der Waals surface area contributed by atoms with Crippen molar-refractivity contribution in [1.82, 2.24) is 4.98 Å². The summed E-state index contributed by atoms with van der Waals surface area (Å²) < 4.78 is 0. The van der Waals surface area contributed by atoms with Gasteiger partial charge in [-0.15, -0.1) is 11.3 Å². The second kappa shape index (κ2) is 4.14. The number of nitrogens with zero attached hydrogens (tertiary/aromatic N) is 2. The molecule has 0 bridgehead atoms. The molecule has 84 valence electrons. The first-order valence-corrected chi connectivity index (χ1v) is 6.72. The van der Waals surface area contributed by atoms with Crippen molar-refractivity contribution in [3.63, 3.8) is 0 Å². The van der Waals surface area contributed by atoms with Crippen LogP contribution in [0.1, 0.15) is 23.2 Å². The van der Waals surface area contributed by atoms with Gasteiger partial charge in [-0.05, 0) is 36.3 Å². The van der Waals surface area contributed by atoms with E-state index in [2.05, 4.69) is 11.1 Å². The molecule has 1 aliphatic carbocycles. The largest absolute Gasteiger partial charge is 0.239 e. The molecule has 0 radical (unpaired) electrons. The molecule has 2 aromatic heterocycles. The van der Waals surface area contributed by atoms with Crippen LogP contribution >= 0.6 is 22.9 Å². The quantitative estimate of drug-likeness (QED) is 0.731. The second-order valence-corrected chi connectivity index (χ2v) is 5.33. The van der Waals surface area contributed by atoms with E-state index < -0.39 is 0 Å². The summed E-state index contributed by atoms with van der Waals surface area (Å²) in [7, 11) is 0. The third-order valence-corrected chi connectivity index (χ3v) is 4.22. The zero-order valence-electron chi connectivity index (χ0n) is 9.03. The monoisotopic (exact) mass is 260 g/mol. The Bertz CT molecular complexity index is 611. The number of pyridine rings is 1. The predicted octanol–water partition coefficient (Wildman–Crippen LogP) is 3.82. The van der Waals surface area contributed by atoms with Crippen LogP contribution in [-0.4, -0.2) is 4.98 Å². The Morgan fingerprint density at radius 1 is 1.41 bits per heavy atom.